The maximum atomic E-state index is 12.9. The largest absolute Gasteiger partial charge is 0.462 e. The number of unbranched alkanes of at least 4 members (excludes halogenated alkanes) is 52. The lowest BCUT2D eigenvalue weighted by atomic mass is 10.0. The first kappa shape index (κ1) is 76.9. The van der Waals surface area contributed by atoms with E-state index in [1.165, 1.54) is 302 Å². The van der Waals surface area contributed by atoms with Crippen LogP contribution in [0.15, 0.2) is 24.3 Å². The number of carbonyl (C=O) groups is 3. The molecule has 0 spiro atoms. The Kier molecular flexibility index (Phi) is 66.6. The standard InChI is InChI=1S/C73H138O6/c1-4-7-10-13-16-19-22-25-28-31-32-33-34-35-36-37-38-39-40-43-45-48-51-54-57-60-63-66-72(75)78-69-70(79-73(76)67-64-61-58-55-52-49-46-42-30-27-24-21-18-15-12-9-6-3)68-77-71(74)65-62-59-56-53-50-47-44-41-29-26-23-20-17-14-11-8-5-2/h22,25,31-32,70H,4-21,23-24,26-30,33-69H2,1-3H3/b25-22-,32-31-. The summed E-state index contributed by atoms with van der Waals surface area (Å²) in [4.78, 5) is 38.5. The molecule has 0 aliphatic rings. The summed E-state index contributed by atoms with van der Waals surface area (Å²) in [5, 5.41) is 0. The van der Waals surface area contributed by atoms with Gasteiger partial charge in [0.1, 0.15) is 13.2 Å². The molecular weight excluding hydrogens is 973 g/mol. The maximum absolute atomic E-state index is 12.9. The summed E-state index contributed by atoms with van der Waals surface area (Å²) in [5.74, 6) is -0.827. The fraction of sp³-hybridized carbons (Fsp3) is 0.904. The van der Waals surface area contributed by atoms with Gasteiger partial charge in [0, 0.05) is 19.3 Å². The monoisotopic (exact) mass is 1110 g/mol. The molecule has 0 N–H and O–H groups in total. The van der Waals surface area contributed by atoms with Gasteiger partial charge >= 0.3 is 17.9 Å². The highest BCUT2D eigenvalue weighted by Crippen LogP contribution is 2.19. The van der Waals surface area contributed by atoms with Gasteiger partial charge < -0.3 is 14.2 Å². The van der Waals surface area contributed by atoms with E-state index in [0.29, 0.717) is 19.3 Å². The Hall–Kier alpha value is -2.11. The van der Waals surface area contributed by atoms with E-state index in [1.807, 2.05) is 0 Å². The molecule has 0 saturated carbocycles. The predicted molar refractivity (Wildman–Crippen MR) is 344 cm³/mol. The first-order chi connectivity index (χ1) is 39.0. The second-order valence-corrected chi connectivity index (χ2v) is 24.5. The molecule has 0 aliphatic carbocycles. The van der Waals surface area contributed by atoms with Crippen LogP contribution >= 0.6 is 0 Å². The average molecular weight is 1110 g/mol. The smallest absolute Gasteiger partial charge is 0.306 e. The quantitative estimate of drug-likeness (QED) is 0.0261. The van der Waals surface area contributed by atoms with Crippen molar-refractivity contribution >= 4 is 17.9 Å². The summed E-state index contributed by atoms with van der Waals surface area (Å²) in [6.07, 6.45) is 83.5. The van der Waals surface area contributed by atoms with Crippen molar-refractivity contribution in [3.8, 4) is 0 Å². The molecule has 0 fully saturated rings. The van der Waals surface area contributed by atoms with E-state index in [1.54, 1.807) is 0 Å². The van der Waals surface area contributed by atoms with Gasteiger partial charge in [-0.1, -0.05) is 360 Å². The Morgan fingerprint density at radius 3 is 0.696 bits per heavy atom. The minimum Gasteiger partial charge on any atom is -0.462 e. The van der Waals surface area contributed by atoms with Gasteiger partial charge in [-0.05, 0) is 51.4 Å². The van der Waals surface area contributed by atoms with Gasteiger partial charge in [0.05, 0.1) is 0 Å². The van der Waals surface area contributed by atoms with Crippen molar-refractivity contribution in [2.75, 3.05) is 13.2 Å². The van der Waals surface area contributed by atoms with Crippen LogP contribution in [0.1, 0.15) is 406 Å². The summed E-state index contributed by atoms with van der Waals surface area (Å²) in [6, 6.07) is 0. The normalized spacial score (nSPS) is 12.1. The zero-order valence-electron chi connectivity index (χ0n) is 53.7. The second kappa shape index (κ2) is 68.4. The topological polar surface area (TPSA) is 78.9 Å². The Morgan fingerprint density at radius 2 is 0.456 bits per heavy atom. The van der Waals surface area contributed by atoms with Gasteiger partial charge in [0.2, 0.25) is 0 Å². The number of allylic oxidation sites excluding steroid dienone is 4. The van der Waals surface area contributed by atoms with E-state index in [4.69, 9.17) is 14.2 Å². The number of rotatable bonds is 67. The molecule has 0 aliphatic heterocycles. The van der Waals surface area contributed by atoms with Crippen LogP contribution in [0.2, 0.25) is 0 Å². The van der Waals surface area contributed by atoms with Gasteiger partial charge in [-0.15, -0.1) is 0 Å². The third-order valence-electron chi connectivity index (χ3n) is 16.5. The Bertz CT molecular complexity index is 1270. The molecule has 6 nitrogen and oxygen atoms in total. The molecule has 0 aromatic heterocycles. The Balaban J connectivity index is 4.23. The van der Waals surface area contributed by atoms with Crippen molar-refractivity contribution in [3.63, 3.8) is 0 Å². The molecule has 79 heavy (non-hydrogen) atoms. The predicted octanol–water partition coefficient (Wildman–Crippen LogP) is 24.6. The van der Waals surface area contributed by atoms with Crippen molar-refractivity contribution in [2.45, 2.75) is 412 Å². The molecule has 0 amide bonds. The number of carbonyl (C=O) groups excluding carboxylic acids is 3. The van der Waals surface area contributed by atoms with Crippen LogP contribution in [-0.4, -0.2) is 37.2 Å². The van der Waals surface area contributed by atoms with Crippen molar-refractivity contribution in [2.24, 2.45) is 0 Å². The van der Waals surface area contributed by atoms with E-state index in [2.05, 4.69) is 45.1 Å². The van der Waals surface area contributed by atoms with Crippen molar-refractivity contribution < 1.29 is 28.6 Å². The van der Waals surface area contributed by atoms with Crippen LogP contribution in [0.3, 0.4) is 0 Å². The molecule has 0 aromatic carbocycles. The second-order valence-electron chi connectivity index (χ2n) is 24.5. The maximum Gasteiger partial charge on any atom is 0.306 e. The van der Waals surface area contributed by atoms with Gasteiger partial charge in [0.25, 0.3) is 0 Å². The summed E-state index contributed by atoms with van der Waals surface area (Å²) < 4.78 is 17.0. The average Bonchev–Trinajstić information content (AvgIpc) is 3.45. The zero-order valence-corrected chi connectivity index (χ0v) is 53.7. The third kappa shape index (κ3) is 66.6. The van der Waals surface area contributed by atoms with Crippen LogP contribution in [0.4, 0.5) is 0 Å². The molecule has 0 bridgehead atoms. The summed E-state index contributed by atoms with van der Waals surface area (Å²) in [6.45, 7) is 6.72. The zero-order chi connectivity index (χ0) is 57.1. The molecule has 0 aromatic rings. The van der Waals surface area contributed by atoms with E-state index >= 15 is 0 Å². The van der Waals surface area contributed by atoms with Crippen LogP contribution in [0, 0.1) is 0 Å². The van der Waals surface area contributed by atoms with Crippen molar-refractivity contribution in [3.05, 3.63) is 24.3 Å². The van der Waals surface area contributed by atoms with Crippen LogP contribution in [-0.2, 0) is 28.6 Å². The molecule has 1 unspecified atom stereocenters. The highest BCUT2D eigenvalue weighted by Gasteiger charge is 2.19. The van der Waals surface area contributed by atoms with E-state index < -0.39 is 6.10 Å². The summed E-state index contributed by atoms with van der Waals surface area (Å²) >= 11 is 0. The lowest BCUT2D eigenvalue weighted by Gasteiger charge is -2.18. The van der Waals surface area contributed by atoms with Crippen LogP contribution < -0.4 is 0 Å². The first-order valence-corrected chi connectivity index (χ1v) is 35.8. The van der Waals surface area contributed by atoms with Crippen LogP contribution in [0.5, 0.6) is 0 Å². The van der Waals surface area contributed by atoms with E-state index in [9.17, 15) is 14.4 Å². The van der Waals surface area contributed by atoms with Crippen molar-refractivity contribution in [1.29, 1.82) is 0 Å². The minimum atomic E-state index is -0.767. The molecule has 466 valence electrons. The fourth-order valence-corrected chi connectivity index (χ4v) is 11.1. The first-order valence-electron chi connectivity index (χ1n) is 35.8. The number of esters is 3. The molecule has 0 radical (unpaired) electrons. The van der Waals surface area contributed by atoms with Crippen molar-refractivity contribution in [1.82, 2.24) is 0 Å². The minimum absolute atomic E-state index is 0.0633. The SMILES string of the molecule is CCCCCCC/C=C\C/C=C\CCCCCCCCCCCCCCCCCC(=O)OCC(COC(=O)CCCCCCCCCCCCCCCCCCC)OC(=O)CCCCCCCCCCCCCCCCCCC. The van der Waals surface area contributed by atoms with E-state index in [0.717, 1.165) is 64.2 Å². The lowest BCUT2D eigenvalue weighted by Crippen LogP contribution is -2.30. The Labute approximate surface area is 493 Å². The Morgan fingerprint density at radius 1 is 0.253 bits per heavy atom. The summed E-state index contributed by atoms with van der Waals surface area (Å²) in [7, 11) is 0. The number of hydrogen-bond acceptors (Lipinski definition) is 6. The van der Waals surface area contributed by atoms with E-state index in [-0.39, 0.29) is 31.1 Å². The summed E-state index contributed by atoms with van der Waals surface area (Å²) in [5.41, 5.74) is 0. The molecule has 0 heterocycles. The lowest BCUT2D eigenvalue weighted by molar-refractivity contribution is -0.167. The molecule has 0 saturated heterocycles. The van der Waals surface area contributed by atoms with Gasteiger partial charge in [-0.25, -0.2) is 0 Å². The van der Waals surface area contributed by atoms with Gasteiger partial charge in [0.15, 0.2) is 6.10 Å². The molecule has 6 heteroatoms. The van der Waals surface area contributed by atoms with Crippen LogP contribution in [0.25, 0.3) is 0 Å². The molecule has 1 atom stereocenters. The highest BCUT2D eigenvalue weighted by molar-refractivity contribution is 5.71. The molecule has 0 rings (SSSR count). The van der Waals surface area contributed by atoms with Gasteiger partial charge in [-0.3, -0.25) is 14.4 Å². The van der Waals surface area contributed by atoms with Gasteiger partial charge in [-0.2, -0.15) is 0 Å². The number of ether oxygens (including phenoxy) is 3. The molecular formula is C73H138O6. The highest BCUT2D eigenvalue weighted by atomic mass is 16.6. The fourth-order valence-electron chi connectivity index (χ4n) is 11.1. The third-order valence-corrected chi connectivity index (χ3v) is 16.5. The number of hydrogen-bond donors (Lipinski definition) is 0.